The van der Waals surface area contributed by atoms with Crippen molar-refractivity contribution in [3.8, 4) is 0 Å². The van der Waals surface area contributed by atoms with E-state index in [1.165, 1.54) is 6.07 Å². The van der Waals surface area contributed by atoms with E-state index in [-0.39, 0.29) is 11.9 Å². The van der Waals surface area contributed by atoms with Crippen molar-refractivity contribution >= 4 is 23.4 Å². The second-order valence-corrected chi connectivity index (χ2v) is 4.44. The van der Waals surface area contributed by atoms with Gasteiger partial charge in [-0.15, -0.1) is 0 Å². The van der Waals surface area contributed by atoms with Gasteiger partial charge in [0.1, 0.15) is 5.82 Å². The Bertz CT molecular complexity index is 286. The van der Waals surface area contributed by atoms with Gasteiger partial charge in [0.05, 0.1) is 0 Å². The molecule has 1 aromatic rings. The summed E-state index contributed by atoms with van der Waals surface area (Å²) in [5.41, 5.74) is 6.33. The van der Waals surface area contributed by atoms with E-state index in [1.54, 1.807) is 23.9 Å². The molecule has 4 heteroatoms. The molecule has 0 saturated heterocycles. The van der Waals surface area contributed by atoms with Crippen LogP contribution in [0.15, 0.2) is 18.2 Å². The van der Waals surface area contributed by atoms with Gasteiger partial charge in [-0.3, -0.25) is 0 Å². The highest BCUT2D eigenvalue weighted by Crippen LogP contribution is 2.20. The number of nitrogens with two attached hydrogens (primary N) is 1. The minimum absolute atomic E-state index is 0.0422. The van der Waals surface area contributed by atoms with Crippen LogP contribution in [0.3, 0.4) is 0 Å². The van der Waals surface area contributed by atoms with E-state index in [9.17, 15) is 4.39 Å². The van der Waals surface area contributed by atoms with Gasteiger partial charge in [0, 0.05) is 22.4 Å². The second kappa shape index (κ2) is 5.59. The van der Waals surface area contributed by atoms with Crippen molar-refractivity contribution in [3.63, 3.8) is 0 Å². The molecule has 0 saturated carbocycles. The van der Waals surface area contributed by atoms with Crippen molar-refractivity contribution in [2.75, 3.05) is 12.0 Å². The van der Waals surface area contributed by atoms with Crippen molar-refractivity contribution in [1.29, 1.82) is 0 Å². The molecule has 0 aliphatic rings. The van der Waals surface area contributed by atoms with Crippen LogP contribution in [0, 0.1) is 5.82 Å². The monoisotopic (exact) mass is 233 g/mol. The molecular formula is C10H13ClFNS. The Labute approximate surface area is 92.8 Å². The Morgan fingerprint density at radius 3 is 2.86 bits per heavy atom. The highest BCUT2D eigenvalue weighted by Gasteiger charge is 2.10. The molecule has 0 fully saturated rings. The predicted molar refractivity (Wildman–Crippen MR) is 61.5 cm³/mol. The van der Waals surface area contributed by atoms with E-state index >= 15 is 0 Å². The lowest BCUT2D eigenvalue weighted by atomic mass is 10.1. The molecule has 78 valence electrons. The lowest BCUT2D eigenvalue weighted by Crippen LogP contribution is -2.26. The predicted octanol–water partition coefficient (Wildman–Crippen LogP) is 2.71. The van der Waals surface area contributed by atoms with Gasteiger partial charge in [0.15, 0.2) is 0 Å². The molecule has 0 aliphatic carbocycles. The SMILES string of the molecule is CSCC(N)Cc1c(F)cccc1Cl. The van der Waals surface area contributed by atoms with Gasteiger partial charge in [-0.1, -0.05) is 17.7 Å². The molecule has 0 amide bonds. The Morgan fingerprint density at radius 2 is 2.29 bits per heavy atom. The van der Waals surface area contributed by atoms with Gasteiger partial charge in [-0.05, 0) is 24.8 Å². The lowest BCUT2D eigenvalue weighted by molar-refractivity contribution is 0.597. The number of hydrogen-bond donors (Lipinski definition) is 1. The van der Waals surface area contributed by atoms with Gasteiger partial charge in [0.2, 0.25) is 0 Å². The van der Waals surface area contributed by atoms with Gasteiger partial charge < -0.3 is 5.73 Å². The second-order valence-electron chi connectivity index (χ2n) is 3.12. The molecule has 1 atom stereocenters. The Hall–Kier alpha value is -0.250. The van der Waals surface area contributed by atoms with Crippen LogP contribution in [0.2, 0.25) is 5.02 Å². The average Bonchev–Trinajstić information content (AvgIpc) is 2.12. The Balaban J connectivity index is 2.75. The molecule has 0 spiro atoms. The van der Waals surface area contributed by atoms with Crippen LogP contribution in [0.4, 0.5) is 4.39 Å². The minimum Gasteiger partial charge on any atom is -0.327 e. The van der Waals surface area contributed by atoms with E-state index in [1.807, 2.05) is 6.26 Å². The molecule has 0 bridgehead atoms. The molecule has 1 rings (SSSR count). The van der Waals surface area contributed by atoms with Crippen LogP contribution >= 0.6 is 23.4 Å². The summed E-state index contributed by atoms with van der Waals surface area (Å²) < 4.78 is 13.3. The quantitative estimate of drug-likeness (QED) is 0.866. The number of halogens is 2. The van der Waals surface area contributed by atoms with Crippen molar-refractivity contribution in [3.05, 3.63) is 34.6 Å². The number of rotatable bonds is 4. The summed E-state index contributed by atoms with van der Waals surface area (Å²) in [5, 5.41) is 0.460. The molecule has 1 aromatic carbocycles. The summed E-state index contributed by atoms with van der Waals surface area (Å²) in [6.07, 6.45) is 2.47. The van der Waals surface area contributed by atoms with Crippen LogP contribution in [0.5, 0.6) is 0 Å². The highest BCUT2D eigenvalue weighted by atomic mass is 35.5. The molecule has 0 heterocycles. The topological polar surface area (TPSA) is 26.0 Å². The summed E-state index contributed by atoms with van der Waals surface area (Å²) >= 11 is 7.52. The van der Waals surface area contributed by atoms with Crippen LogP contribution in [-0.2, 0) is 6.42 Å². The minimum atomic E-state index is -0.269. The third kappa shape index (κ3) is 3.15. The van der Waals surface area contributed by atoms with E-state index in [4.69, 9.17) is 17.3 Å². The molecule has 0 aliphatic heterocycles. The highest BCUT2D eigenvalue weighted by molar-refractivity contribution is 7.98. The van der Waals surface area contributed by atoms with Crippen molar-refractivity contribution in [2.24, 2.45) is 5.73 Å². The zero-order chi connectivity index (χ0) is 10.6. The van der Waals surface area contributed by atoms with Gasteiger partial charge in [0.25, 0.3) is 0 Å². The smallest absolute Gasteiger partial charge is 0.127 e. The zero-order valence-electron chi connectivity index (χ0n) is 7.97. The zero-order valence-corrected chi connectivity index (χ0v) is 9.54. The van der Waals surface area contributed by atoms with Crippen LogP contribution in [0.1, 0.15) is 5.56 Å². The standard InChI is InChI=1S/C10H13ClFNS/c1-14-6-7(13)5-8-9(11)3-2-4-10(8)12/h2-4,7H,5-6,13H2,1H3. The van der Waals surface area contributed by atoms with Crippen LogP contribution < -0.4 is 5.73 Å². The molecular weight excluding hydrogens is 221 g/mol. The fourth-order valence-electron chi connectivity index (χ4n) is 1.26. The first kappa shape index (κ1) is 11.8. The van der Waals surface area contributed by atoms with Gasteiger partial charge in [-0.2, -0.15) is 11.8 Å². The first-order valence-electron chi connectivity index (χ1n) is 4.32. The molecule has 0 aromatic heterocycles. The van der Waals surface area contributed by atoms with E-state index < -0.39 is 0 Å². The molecule has 1 unspecified atom stereocenters. The lowest BCUT2D eigenvalue weighted by Gasteiger charge is -2.11. The third-order valence-corrected chi connectivity index (χ3v) is 3.02. The van der Waals surface area contributed by atoms with E-state index in [0.29, 0.717) is 17.0 Å². The summed E-state index contributed by atoms with van der Waals surface area (Å²) in [4.78, 5) is 0. The third-order valence-electron chi connectivity index (χ3n) is 1.91. The number of thioether (sulfide) groups is 1. The maximum Gasteiger partial charge on any atom is 0.127 e. The van der Waals surface area contributed by atoms with Crippen LogP contribution in [-0.4, -0.2) is 18.1 Å². The molecule has 14 heavy (non-hydrogen) atoms. The molecule has 0 radical (unpaired) electrons. The van der Waals surface area contributed by atoms with Crippen molar-refractivity contribution in [1.82, 2.24) is 0 Å². The van der Waals surface area contributed by atoms with E-state index in [0.717, 1.165) is 5.75 Å². The Kier molecular flexibility index (Phi) is 4.72. The first-order valence-corrected chi connectivity index (χ1v) is 6.09. The van der Waals surface area contributed by atoms with Gasteiger partial charge in [-0.25, -0.2) is 4.39 Å². The van der Waals surface area contributed by atoms with Crippen molar-refractivity contribution < 1.29 is 4.39 Å². The maximum atomic E-state index is 13.3. The summed E-state index contributed by atoms with van der Waals surface area (Å²) in [6, 6.07) is 4.65. The van der Waals surface area contributed by atoms with Gasteiger partial charge >= 0.3 is 0 Å². The summed E-state index contributed by atoms with van der Waals surface area (Å²) in [5.74, 6) is 0.541. The largest absolute Gasteiger partial charge is 0.327 e. The van der Waals surface area contributed by atoms with E-state index in [2.05, 4.69) is 0 Å². The number of hydrogen-bond acceptors (Lipinski definition) is 2. The van der Waals surface area contributed by atoms with Crippen molar-refractivity contribution in [2.45, 2.75) is 12.5 Å². The summed E-state index contributed by atoms with van der Waals surface area (Å²) in [7, 11) is 0. The first-order chi connectivity index (χ1) is 6.65. The summed E-state index contributed by atoms with van der Waals surface area (Å²) in [6.45, 7) is 0. The Morgan fingerprint density at radius 1 is 1.57 bits per heavy atom. The molecule has 1 nitrogen and oxygen atoms in total. The van der Waals surface area contributed by atoms with Crippen LogP contribution in [0.25, 0.3) is 0 Å². The fourth-order valence-corrected chi connectivity index (χ4v) is 2.05. The molecule has 2 N–H and O–H groups in total. The number of benzene rings is 1. The maximum absolute atomic E-state index is 13.3. The fraction of sp³-hybridized carbons (Fsp3) is 0.400. The average molecular weight is 234 g/mol. The normalized spacial score (nSPS) is 12.9.